The third kappa shape index (κ3) is 5.13. The van der Waals surface area contributed by atoms with Gasteiger partial charge < -0.3 is 15.2 Å². The molecule has 9 heteroatoms. The number of nitrogens with one attached hydrogen (secondary N) is 2. The molecule has 0 bridgehead atoms. The largest absolute Gasteiger partial charge is 0.495 e. The summed E-state index contributed by atoms with van der Waals surface area (Å²) in [5.41, 5.74) is 1.22. The molecule has 1 heterocycles. The number of pyridine rings is 1. The van der Waals surface area contributed by atoms with Crippen LogP contribution in [0.3, 0.4) is 0 Å². The predicted octanol–water partition coefficient (Wildman–Crippen LogP) is 2.35. The summed E-state index contributed by atoms with van der Waals surface area (Å²) in [5, 5.41) is 12.7. The second-order valence-electron chi connectivity index (χ2n) is 6.34. The Morgan fingerprint density at radius 2 is 1.73 bits per heavy atom. The minimum absolute atomic E-state index is 0.00164. The van der Waals surface area contributed by atoms with Gasteiger partial charge in [-0.1, -0.05) is 12.1 Å². The van der Waals surface area contributed by atoms with Crippen LogP contribution < -0.4 is 14.8 Å². The van der Waals surface area contributed by atoms with Crippen molar-refractivity contribution in [2.24, 2.45) is 0 Å². The molecule has 0 radical (unpaired) electrons. The summed E-state index contributed by atoms with van der Waals surface area (Å²) in [6.07, 6.45) is 2.23. The number of rotatable bonds is 8. The molecular formula is C21H21N3O5S. The number of hydrogen-bond donors (Lipinski definition) is 3. The maximum Gasteiger partial charge on any atom is 0.262 e. The van der Waals surface area contributed by atoms with E-state index in [-0.39, 0.29) is 17.0 Å². The predicted molar refractivity (Wildman–Crippen MR) is 112 cm³/mol. The number of amides is 1. The number of hydrogen-bond acceptors (Lipinski definition) is 6. The third-order valence-corrected chi connectivity index (χ3v) is 5.71. The Hall–Kier alpha value is -3.43. The van der Waals surface area contributed by atoms with E-state index in [9.17, 15) is 18.3 Å². The molecule has 8 nitrogen and oxygen atoms in total. The number of methoxy groups -OCH3 is 1. The van der Waals surface area contributed by atoms with Gasteiger partial charge in [-0.3, -0.25) is 14.5 Å². The van der Waals surface area contributed by atoms with E-state index in [1.807, 2.05) is 0 Å². The average molecular weight is 427 g/mol. The summed E-state index contributed by atoms with van der Waals surface area (Å²) in [4.78, 5) is 16.2. The van der Waals surface area contributed by atoms with Crippen LogP contribution in [0, 0.1) is 0 Å². The van der Waals surface area contributed by atoms with Crippen molar-refractivity contribution in [1.82, 2.24) is 10.3 Å². The number of carbonyl (C=O) groups is 1. The number of anilines is 1. The average Bonchev–Trinajstić information content (AvgIpc) is 2.78. The van der Waals surface area contributed by atoms with Gasteiger partial charge in [0, 0.05) is 24.5 Å². The summed E-state index contributed by atoms with van der Waals surface area (Å²) < 4.78 is 32.9. The van der Waals surface area contributed by atoms with Crippen LogP contribution >= 0.6 is 0 Å². The summed E-state index contributed by atoms with van der Waals surface area (Å²) in [6.45, 7) is 0.0122. The maximum atomic E-state index is 12.6. The van der Waals surface area contributed by atoms with Gasteiger partial charge in [-0.25, -0.2) is 8.42 Å². The standard InChI is InChI=1S/C21H21N3O5S/c1-29-20-5-3-2-4-18(20)24-30(27,28)17-8-6-16(7-9-17)21(26)23-14-19(25)15-10-12-22-13-11-15/h2-13,19,24-25H,14H2,1H3,(H,23,26). The Bertz CT molecular complexity index is 1100. The first-order chi connectivity index (χ1) is 14.4. The zero-order chi connectivity index (χ0) is 21.6. The third-order valence-electron chi connectivity index (χ3n) is 4.32. The lowest BCUT2D eigenvalue weighted by Gasteiger charge is -2.13. The molecular weight excluding hydrogens is 406 g/mol. The van der Waals surface area contributed by atoms with Crippen molar-refractivity contribution in [2.45, 2.75) is 11.0 Å². The number of benzene rings is 2. The van der Waals surface area contributed by atoms with Crippen LogP contribution in [0.4, 0.5) is 5.69 Å². The van der Waals surface area contributed by atoms with Crippen LogP contribution in [0.2, 0.25) is 0 Å². The van der Waals surface area contributed by atoms with Crippen molar-refractivity contribution >= 4 is 21.6 Å². The number of ether oxygens (including phenoxy) is 1. The molecule has 1 atom stereocenters. The van der Waals surface area contributed by atoms with Gasteiger partial charge in [-0.15, -0.1) is 0 Å². The van der Waals surface area contributed by atoms with Crippen molar-refractivity contribution in [3.63, 3.8) is 0 Å². The highest BCUT2D eigenvalue weighted by molar-refractivity contribution is 7.92. The number of aliphatic hydroxyl groups is 1. The Balaban J connectivity index is 1.65. The Kier molecular flexibility index (Phi) is 6.65. The highest BCUT2D eigenvalue weighted by atomic mass is 32.2. The quantitative estimate of drug-likeness (QED) is 0.508. The van der Waals surface area contributed by atoms with E-state index in [1.165, 1.54) is 31.4 Å². The lowest BCUT2D eigenvalue weighted by atomic mass is 10.1. The van der Waals surface area contributed by atoms with Gasteiger partial charge in [0.15, 0.2) is 0 Å². The van der Waals surface area contributed by atoms with E-state index in [2.05, 4.69) is 15.0 Å². The van der Waals surface area contributed by atoms with E-state index >= 15 is 0 Å². The van der Waals surface area contributed by atoms with Crippen LogP contribution in [-0.2, 0) is 10.0 Å². The highest BCUT2D eigenvalue weighted by Crippen LogP contribution is 2.26. The molecule has 0 aliphatic carbocycles. The normalized spacial score (nSPS) is 12.1. The zero-order valence-corrected chi connectivity index (χ0v) is 17.0. The molecule has 3 rings (SSSR count). The number of aromatic nitrogens is 1. The Morgan fingerprint density at radius 3 is 2.40 bits per heavy atom. The Labute approximate surface area is 174 Å². The smallest absolute Gasteiger partial charge is 0.262 e. The van der Waals surface area contributed by atoms with E-state index in [4.69, 9.17) is 4.74 Å². The fourth-order valence-corrected chi connectivity index (χ4v) is 3.78. The molecule has 3 N–H and O–H groups in total. The molecule has 2 aromatic carbocycles. The van der Waals surface area contributed by atoms with Crippen LogP contribution in [0.5, 0.6) is 5.75 Å². The molecule has 0 spiro atoms. The van der Waals surface area contributed by atoms with E-state index in [1.54, 1.807) is 48.8 Å². The van der Waals surface area contributed by atoms with Crippen molar-refractivity contribution in [1.29, 1.82) is 0 Å². The lowest BCUT2D eigenvalue weighted by Crippen LogP contribution is -2.28. The molecule has 0 aliphatic rings. The zero-order valence-electron chi connectivity index (χ0n) is 16.1. The minimum atomic E-state index is -3.86. The lowest BCUT2D eigenvalue weighted by molar-refractivity contribution is 0.0916. The molecule has 1 amide bonds. The fraction of sp³-hybridized carbons (Fsp3) is 0.143. The first kappa shape index (κ1) is 21.3. The highest BCUT2D eigenvalue weighted by Gasteiger charge is 2.17. The number of nitrogens with zero attached hydrogens (tertiary/aromatic N) is 1. The molecule has 1 aromatic heterocycles. The van der Waals surface area contributed by atoms with Gasteiger partial charge in [0.25, 0.3) is 15.9 Å². The molecule has 156 valence electrons. The first-order valence-electron chi connectivity index (χ1n) is 9.03. The first-order valence-corrected chi connectivity index (χ1v) is 10.5. The van der Waals surface area contributed by atoms with Crippen molar-refractivity contribution < 1.29 is 23.1 Å². The number of para-hydroxylation sites is 2. The van der Waals surface area contributed by atoms with Crippen LogP contribution in [0.25, 0.3) is 0 Å². The van der Waals surface area contributed by atoms with Crippen LogP contribution in [0.1, 0.15) is 22.0 Å². The Morgan fingerprint density at radius 1 is 1.07 bits per heavy atom. The number of aliphatic hydroxyl groups excluding tert-OH is 1. The summed E-state index contributed by atoms with van der Waals surface area (Å²) >= 11 is 0. The van der Waals surface area contributed by atoms with Crippen molar-refractivity contribution in [3.05, 3.63) is 84.2 Å². The molecule has 0 saturated carbocycles. The van der Waals surface area contributed by atoms with Gasteiger partial charge in [-0.05, 0) is 54.1 Å². The van der Waals surface area contributed by atoms with E-state index in [0.29, 0.717) is 17.0 Å². The fourth-order valence-electron chi connectivity index (χ4n) is 2.71. The van der Waals surface area contributed by atoms with Crippen molar-refractivity contribution in [2.75, 3.05) is 18.4 Å². The van der Waals surface area contributed by atoms with Crippen molar-refractivity contribution in [3.8, 4) is 5.75 Å². The van der Waals surface area contributed by atoms with Gasteiger partial charge >= 0.3 is 0 Å². The molecule has 1 unspecified atom stereocenters. The van der Waals surface area contributed by atoms with Gasteiger partial charge in [0.05, 0.1) is 23.8 Å². The second-order valence-corrected chi connectivity index (χ2v) is 8.02. The van der Waals surface area contributed by atoms with E-state index in [0.717, 1.165) is 0 Å². The summed E-state index contributed by atoms with van der Waals surface area (Å²) in [6, 6.07) is 15.5. The molecule has 0 fully saturated rings. The van der Waals surface area contributed by atoms with Gasteiger partial charge in [0.2, 0.25) is 0 Å². The van der Waals surface area contributed by atoms with Crippen LogP contribution in [0.15, 0.2) is 78.0 Å². The maximum absolute atomic E-state index is 12.6. The molecule has 3 aromatic rings. The molecule has 30 heavy (non-hydrogen) atoms. The van der Waals surface area contributed by atoms with Gasteiger partial charge in [-0.2, -0.15) is 0 Å². The SMILES string of the molecule is COc1ccccc1NS(=O)(=O)c1ccc(C(=O)NCC(O)c2ccncc2)cc1. The van der Waals surface area contributed by atoms with Gasteiger partial charge in [0.1, 0.15) is 5.75 Å². The van der Waals surface area contributed by atoms with Crippen LogP contribution in [-0.4, -0.2) is 38.1 Å². The number of carbonyl (C=O) groups excluding carboxylic acids is 1. The topological polar surface area (TPSA) is 118 Å². The minimum Gasteiger partial charge on any atom is -0.495 e. The molecule has 0 aliphatic heterocycles. The second kappa shape index (κ2) is 9.38. The van der Waals surface area contributed by atoms with E-state index < -0.39 is 22.0 Å². The summed E-state index contributed by atoms with van der Waals surface area (Å²) in [5.74, 6) is -0.0328. The summed E-state index contributed by atoms with van der Waals surface area (Å²) in [7, 11) is -2.41. The molecule has 0 saturated heterocycles. The number of sulfonamides is 1. The monoisotopic (exact) mass is 427 g/mol.